The number of nitrogens with two attached hydrogens (primary N) is 1. The lowest BCUT2D eigenvalue weighted by Crippen LogP contribution is -2.10. The Bertz CT molecular complexity index is 672. The van der Waals surface area contributed by atoms with E-state index < -0.39 is 16.8 Å². The number of nitrogens with one attached hydrogen (secondary N) is 2. The highest BCUT2D eigenvalue weighted by Gasteiger charge is 2.09. The van der Waals surface area contributed by atoms with Gasteiger partial charge < -0.3 is 19.0 Å². The second-order valence-electron chi connectivity index (χ2n) is 3.59. The fourth-order valence-corrected chi connectivity index (χ4v) is 1.91. The molecule has 18 heavy (non-hydrogen) atoms. The second-order valence-corrected chi connectivity index (χ2v) is 4.32. The van der Waals surface area contributed by atoms with Gasteiger partial charge in [0.1, 0.15) is 0 Å². The molecule has 0 radical (unpaired) electrons. The molecule has 0 saturated heterocycles. The number of urea groups is 1. The predicted molar refractivity (Wildman–Crippen MR) is 69.2 cm³/mol. The van der Waals surface area contributed by atoms with Gasteiger partial charge in [-0.05, 0) is 12.0 Å². The van der Waals surface area contributed by atoms with Crippen LogP contribution in [0.1, 0.15) is 12.5 Å². The number of carbonyl (C=O) groups excluding carboxylic acids is 1. The summed E-state index contributed by atoms with van der Waals surface area (Å²) in [7, 11) is -2.01. The van der Waals surface area contributed by atoms with E-state index in [2.05, 4.69) is 19.9 Å². The highest BCUT2D eigenvalue weighted by Crippen LogP contribution is 2.26. The molecule has 1 heterocycles. The zero-order valence-corrected chi connectivity index (χ0v) is 10.5. The first-order chi connectivity index (χ1) is 8.61. The highest BCUT2D eigenvalue weighted by atomic mass is 32.2. The van der Waals surface area contributed by atoms with Gasteiger partial charge in [0.05, 0.1) is 17.4 Å². The molecule has 2 aromatic rings. The van der Waals surface area contributed by atoms with E-state index in [4.69, 9.17) is 5.14 Å². The van der Waals surface area contributed by atoms with Crippen LogP contribution in [0, 0.1) is 0 Å². The molecule has 0 aliphatic heterocycles. The van der Waals surface area contributed by atoms with Gasteiger partial charge in [-0.15, -0.1) is 10.8 Å². The van der Waals surface area contributed by atoms with Crippen LogP contribution in [0.25, 0.3) is 10.9 Å². The van der Waals surface area contributed by atoms with Crippen LogP contribution in [-0.4, -0.2) is 16.2 Å². The first-order valence-corrected chi connectivity index (χ1v) is 6.42. The number of nitrogens with zero attached hydrogens (tertiary/aromatic N) is 2. The number of hydrogen-bond acceptors (Lipinski definition) is 4. The number of rotatable bonds is 2. The van der Waals surface area contributed by atoms with Crippen LogP contribution in [0.5, 0.6) is 0 Å². The van der Waals surface area contributed by atoms with E-state index in [-0.39, 0.29) is 0 Å². The molecule has 0 saturated carbocycles. The Morgan fingerprint density at radius 2 is 2.39 bits per heavy atom. The van der Waals surface area contributed by atoms with E-state index >= 15 is 0 Å². The molecule has 2 rings (SSSR count). The third-order valence-electron chi connectivity index (χ3n) is 2.49. The third kappa shape index (κ3) is 2.49. The van der Waals surface area contributed by atoms with Gasteiger partial charge in [0, 0.05) is 5.39 Å². The Hall–Kier alpha value is -1.93. The molecule has 1 aromatic heterocycles. The number of aryl methyl sites for hydroxylation is 1. The Kier molecular flexibility index (Phi) is 3.58. The van der Waals surface area contributed by atoms with Crippen molar-refractivity contribution in [2.75, 3.05) is 5.32 Å². The van der Waals surface area contributed by atoms with E-state index in [9.17, 15) is 9.00 Å². The van der Waals surface area contributed by atoms with E-state index in [1.165, 1.54) is 0 Å². The van der Waals surface area contributed by atoms with Gasteiger partial charge in [-0.1, -0.05) is 19.1 Å². The minimum Gasteiger partial charge on any atom is -0.430 e. The van der Waals surface area contributed by atoms with Crippen molar-refractivity contribution >= 4 is 33.4 Å². The summed E-state index contributed by atoms with van der Waals surface area (Å²) in [5.74, 6) is 0. The van der Waals surface area contributed by atoms with Gasteiger partial charge >= 0.3 is 6.03 Å². The number of fused-ring (bicyclic) bond motifs is 1. The molecule has 4 N–H and O–H groups in total. The fourth-order valence-electron chi connectivity index (χ4n) is 1.71. The lowest BCUT2D eigenvalue weighted by atomic mass is 10.1. The molecule has 2 amide bonds. The van der Waals surface area contributed by atoms with Gasteiger partial charge in [-0.25, -0.2) is 4.79 Å². The number of aromatic nitrogens is 2. The van der Waals surface area contributed by atoms with Crippen molar-refractivity contribution in [2.24, 2.45) is 9.50 Å². The molecule has 7 nitrogen and oxygen atoms in total. The molecule has 0 atom stereocenters. The monoisotopic (exact) mass is 266 g/mol. The van der Waals surface area contributed by atoms with Crippen molar-refractivity contribution < 1.29 is 9.00 Å². The molecular formula is C10H12N5O2S-. The summed E-state index contributed by atoms with van der Waals surface area (Å²) < 4.78 is 13.9. The molecule has 96 valence electrons. The van der Waals surface area contributed by atoms with Gasteiger partial charge in [0.25, 0.3) is 0 Å². The van der Waals surface area contributed by atoms with Gasteiger partial charge in [0.15, 0.2) is 0 Å². The number of amides is 2. The Labute approximate surface area is 105 Å². The predicted octanol–water partition coefficient (Wildman–Crippen LogP) is 1.68. The zero-order valence-electron chi connectivity index (χ0n) is 9.64. The summed E-state index contributed by atoms with van der Waals surface area (Å²) >= 11 is 0. The summed E-state index contributed by atoms with van der Waals surface area (Å²) in [6.45, 7) is 1.96. The summed E-state index contributed by atoms with van der Waals surface area (Å²) in [5, 5.41) is 15.1. The molecule has 8 heteroatoms. The van der Waals surface area contributed by atoms with Crippen LogP contribution in [0.15, 0.2) is 22.7 Å². The first-order valence-electron chi connectivity index (χ1n) is 5.25. The Morgan fingerprint density at radius 1 is 1.61 bits per heavy atom. The van der Waals surface area contributed by atoms with Crippen molar-refractivity contribution in [3.63, 3.8) is 0 Å². The van der Waals surface area contributed by atoms with Crippen LogP contribution in [0.3, 0.4) is 0 Å². The minimum absolute atomic E-state index is 0.590. The van der Waals surface area contributed by atoms with E-state index in [1.54, 1.807) is 6.20 Å². The number of anilines is 1. The van der Waals surface area contributed by atoms with Crippen molar-refractivity contribution in [1.82, 2.24) is 10.2 Å². The van der Waals surface area contributed by atoms with E-state index in [0.29, 0.717) is 11.2 Å². The van der Waals surface area contributed by atoms with Crippen molar-refractivity contribution in [2.45, 2.75) is 13.3 Å². The standard InChI is InChI=1S/C10H12N5O2S/c1-2-6-3-4-7-5-12-14-9(7)8(6)13-10(16)15-18(11)17/h3-5H,2H2,1H3,(H,12,14)(H3,11,13,15,16,17)/q-1. The third-order valence-corrected chi connectivity index (χ3v) is 2.84. The average molecular weight is 266 g/mol. The summed E-state index contributed by atoms with van der Waals surface area (Å²) in [6, 6.07) is 3.06. The number of benzene rings is 1. The van der Waals surface area contributed by atoms with Crippen LogP contribution < -0.4 is 10.5 Å². The lowest BCUT2D eigenvalue weighted by molar-refractivity contribution is 0.260. The number of H-pyrrole nitrogens is 1. The Morgan fingerprint density at radius 3 is 3.06 bits per heavy atom. The molecule has 0 spiro atoms. The van der Waals surface area contributed by atoms with E-state index in [0.717, 1.165) is 17.4 Å². The minimum atomic E-state index is -2.01. The largest absolute Gasteiger partial charge is 0.430 e. The van der Waals surface area contributed by atoms with Crippen LogP contribution in [-0.2, 0) is 21.4 Å². The van der Waals surface area contributed by atoms with Crippen LogP contribution in [0.2, 0.25) is 0 Å². The second kappa shape index (κ2) is 5.15. The number of aromatic amines is 1. The molecule has 0 bridgehead atoms. The number of hydrogen-bond donors (Lipinski definition) is 3. The fraction of sp³-hybridized carbons (Fsp3) is 0.200. The lowest BCUT2D eigenvalue weighted by Gasteiger charge is -2.09. The first kappa shape index (κ1) is 12.5. The maximum Gasteiger partial charge on any atom is 0.323 e. The SMILES string of the molecule is CCc1ccc2cn[nH]c2c1NC(=O)N=[S-](N)=O. The summed E-state index contributed by atoms with van der Waals surface area (Å²) in [4.78, 5) is 11.5. The quantitative estimate of drug-likeness (QED) is 0.718. The zero-order chi connectivity index (χ0) is 13.1. The number of carbonyl (C=O) groups is 1. The Balaban J connectivity index is 2.47. The van der Waals surface area contributed by atoms with E-state index in [1.807, 2.05) is 19.1 Å². The normalized spacial score (nSPS) is 12.8. The molecule has 0 aliphatic carbocycles. The summed E-state index contributed by atoms with van der Waals surface area (Å²) in [5.41, 5.74) is 2.23. The molecule has 0 aliphatic rings. The maximum atomic E-state index is 11.5. The average Bonchev–Trinajstić information content (AvgIpc) is 2.76. The molecular weight excluding hydrogens is 254 g/mol. The highest BCUT2D eigenvalue weighted by molar-refractivity contribution is 7.72. The maximum absolute atomic E-state index is 11.5. The smallest absolute Gasteiger partial charge is 0.323 e. The van der Waals surface area contributed by atoms with Gasteiger partial charge in [0.2, 0.25) is 0 Å². The topological polar surface area (TPSA) is 113 Å². The van der Waals surface area contributed by atoms with Crippen molar-refractivity contribution in [1.29, 1.82) is 0 Å². The molecule has 0 unspecified atom stereocenters. The molecule has 0 fully saturated rings. The molecule has 1 aromatic carbocycles. The van der Waals surface area contributed by atoms with Gasteiger partial charge in [-0.3, -0.25) is 5.10 Å². The van der Waals surface area contributed by atoms with Crippen molar-refractivity contribution in [3.05, 3.63) is 23.9 Å². The van der Waals surface area contributed by atoms with Gasteiger partial charge in [-0.2, -0.15) is 5.10 Å². The summed E-state index contributed by atoms with van der Waals surface area (Å²) in [6.07, 6.45) is 2.39. The van der Waals surface area contributed by atoms with Crippen LogP contribution in [0.4, 0.5) is 10.5 Å². The van der Waals surface area contributed by atoms with Crippen LogP contribution >= 0.6 is 0 Å². The van der Waals surface area contributed by atoms with Crippen molar-refractivity contribution in [3.8, 4) is 0 Å².